The molecular formula is C24H26N2O6. The Balaban J connectivity index is 1.32. The molecule has 0 N–H and O–H groups in total. The van der Waals surface area contributed by atoms with E-state index in [1.165, 1.54) is 13.2 Å². The monoisotopic (exact) mass is 438 g/mol. The second-order valence-corrected chi connectivity index (χ2v) is 8.25. The van der Waals surface area contributed by atoms with E-state index in [1.54, 1.807) is 47.1 Å². The summed E-state index contributed by atoms with van der Waals surface area (Å²) in [6.45, 7) is 4.56. The molecule has 0 bridgehead atoms. The van der Waals surface area contributed by atoms with Gasteiger partial charge in [-0.1, -0.05) is 0 Å². The number of carbonyl (C=O) groups excluding carboxylic acids is 4. The normalized spacial score (nSPS) is 17.1. The number of benzene rings is 1. The zero-order chi connectivity index (χ0) is 22.8. The number of nitrogens with zero attached hydrogens (tertiary/aromatic N) is 2. The maximum Gasteiger partial charge on any atom is 0.309 e. The van der Waals surface area contributed by atoms with Crippen molar-refractivity contribution in [3.63, 3.8) is 0 Å². The lowest BCUT2D eigenvalue weighted by atomic mass is 9.96. The maximum atomic E-state index is 12.8. The van der Waals surface area contributed by atoms with Crippen LogP contribution in [0.3, 0.4) is 0 Å². The Bertz CT molecular complexity index is 1040. The van der Waals surface area contributed by atoms with Crippen molar-refractivity contribution in [2.24, 2.45) is 5.92 Å². The zero-order valence-corrected chi connectivity index (χ0v) is 18.2. The summed E-state index contributed by atoms with van der Waals surface area (Å²) in [5.41, 5.74) is 2.24. The summed E-state index contributed by atoms with van der Waals surface area (Å²) < 4.78 is 10.6. The molecule has 0 saturated carbocycles. The van der Waals surface area contributed by atoms with Gasteiger partial charge < -0.3 is 19.0 Å². The molecule has 0 aliphatic carbocycles. The van der Waals surface area contributed by atoms with Crippen molar-refractivity contribution in [3.05, 3.63) is 53.5 Å². The van der Waals surface area contributed by atoms with Gasteiger partial charge >= 0.3 is 5.97 Å². The molecule has 4 rings (SSSR count). The van der Waals surface area contributed by atoms with E-state index in [9.17, 15) is 19.2 Å². The fourth-order valence-electron chi connectivity index (χ4n) is 4.32. The van der Waals surface area contributed by atoms with E-state index in [4.69, 9.17) is 9.15 Å². The molecule has 0 radical (unpaired) electrons. The fraction of sp³-hybridized carbons (Fsp3) is 0.417. The van der Waals surface area contributed by atoms with E-state index < -0.39 is 12.1 Å². The van der Waals surface area contributed by atoms with Crippen molar-refractivity contribution in [1.82, 2.24) is 4.90 Å². The lowest BCUT2D eigenvalue weighted by Gasteiger charge is -2.30. The molecule has 2 aliphatic rings. The Morgan fingerprint density at radius 3 is 2.50 bits per heavy atom. The van der Waals surface area contributed by atoms with Crippen LogP contribution in [0, 0.1) is 5.92 Å². The predicted molar refractivity (Wildman–Crippen MR) is 115 cm³/mol. The number of anilines is 1. The highest BCUT2D eigenvalue weighted by Crippen LogP contribution is 2.29. The minimum atomic E-state index is -0.909. The van der Waals surface area contributed by atoms with Gasteiger partial charge in [0.05, 0.1) is 12.2 Å². The molecule has 1 saturated heterocycles. The average Bonchev–Trinajstić information content (AvgIpc) is 3.47. The number of esters is 1. The zero-order valence-electron chi connectivity index (χ0n) is 18.2. The van der Waals surface area contributed by atoms with E-state index >= 15 is 0 Å². The number of carbonyl (C=O) groups is 4. The van der Waals surface area contributed by atoms with Crippen LogP contribution in [0.5, 0.6) is 0 Å². The van der Waals surface area contributed by atoms with Crippen LogP contribution >= 0.6 is 0 Å². The summed E-state index contributed by atoms with van der Waals surface area (Å²) in [5.74, 6) is -0.971. The van der Waals surface area contributed by atoms with Crippen LogP contribution < -0.4 is 4.90 Å². The van der Waals surface area contributed by atoms with Crippen LogP contribution in [0.4, 0.5) is 5.69 Å². The number of rotatable bonds is 5. The van der Waals surface area contributed by atoms with Crippen molar-refractivity contribution in [3.8, 4) is 0 Å². The number of furan rings is 1. The molecule has 168 valence electrons. The summed E-state index contributed by atoms with van der Waals surface area (Å²) in [5, 5.41) is 0. The van der Waals surface area contributed by atoms with Crippen LogP contribution in [-0.2, 0) is 20.7 Å². The molecule has 32 heavy (non-hydrogen) atoms. The molecule has 2 amide bonds. The number of hydrogen-bond acceptors (Lipinski definition) is 6. The molecule has 1 fully saturated rings. The molecule has 8 heteroatoms. The fourth-order valence-corrected chi connectivity index (χ4v) is 4.32. The maximum absolute atomic E-state index is 12.8. The van der Waals surface area contributed by atoms with Crippen LogP contribution in [0.25, 0.3) is 0 Å². The third kappa shape index (κ3) is 4.30. The van der Waals surface area contributed by atoms with Gasteiger partial charge in [0, 0.05) is 37.8 Å². The summed E-state index contributed by atoms with van der Waals surface area (Å²) in [4.78, 5) is 52.8. The number of ketones is 1. The van der Waals surface area contributed by atoms with E-state index in [2.05, 4.69) is 0 Å². The lowest BCUT2D eigenvalue weighted by molar-refractivity contribution is -0.152. The largest absolute Gasteiger partial charge is 0.459 e. The van der Waals surface area contributed by atoms with E-state index in [0.717, 1.165) is 11.3 Å². The van der Waals surface area contributed by atoms with Crippen molar-refractivity contribution >= 4 is 29.3 Å². The molecule has 0 spiro atoms. The number of fused-ring (bicyclic) bond motifs is 1. The van der Waals surface area contributed by atoms with Crippen LogP contribution in [-0.4, -0.2) is 54.2 Å². The number of Topliss-reactive ketones (excluding diaryl/α,β-unsaturated/α-hetero) is 1. The third-order valence-electron chi connectivity index (χ3n) is 6.15. The predicted octanol–water partition coefficient (Wildman–Crippen LogP) is 2.86. The summed E-state index contributed by atoms with van der Waals surface area (Å²) >= 11 is 0. The third-order valence-corrected chi connectivity index (χ3v) is 6.15. The number of ether oxygens (including phenoxy) is 1. The van der Waals surface area contributed by atoms with Gasteiger partial charge in [0.2, 0.25) is 11.7 Å². The summed E-state index contributed by atoms with van der Waals surface area (Å²) in [6, 6.07) is 8.51. The van der Waals surface area contributed by atoms with Crippen molar-refractivity contribution in [2.75, 3.05) is 24.5 Å². The topological polar surface area (TPSA) is 97.1 Å². The number of likely N-dealkylation sites (tertiary alicyclic amines) is 1. The van der Waals surface area contributed by atoms with Gasteiger partial charge in [0.1, 0.15) is 0 Å². The highest BCUT2D eigenvalue weighted by molar-refractivity contribution is 6.02. The average molecular weight is 438 g/mol. The van der Waals surface area contributed by atoms with Gasteiger partial charge in [-0.3, -0.25) is 19.2 Å². The van der Waals surface area contributed by atoms with Gasteiger partial charge in [0.15, 0.2) is 11.9 Å². The van der Waals surface area contributed by atoms with Gasteiger partial charge in [-0.2, -0.15) is 0 Å². The second-order valence-electron chi connectivity index (χ2n) is 8.25. The molecule has 1 aromatic carbocycles. The minimum absolute atomic E-state index is 0.0259. The first-order valence-corrected chi connectivity index (χ1v) is 10.8. The minimum Gasteiger partial charge on any atom is -0.459 e. The van der Waals surface area contributed by atoms with Crippen molar-refractivity contribution in [1.29, 1.82) is 0 Å². The van der Waals surface area contributed by atoms with Gasteiger partial charge in [-0.15, -0.1) is 0 Å². The highest BCUT2D eigenvalue weighted by Gasteiger charge is 2.32. The Morgan fingerprint density at radius 2 is 1.84 bits per heavy atom. The molecule has 8 nitrogen and oxygen atoms in total. The SMILES string of the molecule is CC(=O)N1CCc2cc(C(=O)[C@@H](C)OC(=O)C3CCN(C(=O)c4ccco4)CC3)ccc21. The molecular weight excluding hydrogens is 412 g/mol. The summed E-state index contributed by atoms with van der Waals surface area (Å²) in [6.07, 6.45) is 2.20. The first kappa shape index (κ1) is 21.8. The van der Waals surface area contributed by atoms with E-state index in [0.29, 0.717) is 44.5 Å². The van der Waals surface area contributed by atoms with Gasteiger partial charge in [0.25, 0.3) is 5.91 Å². The lowest BCUT2D eigenvalue weighted by Crippen LogP contribution is -2.41. The Labute approximate surface area is 186 Å². The number of piperidine rings is 1. The molecule has 1 aromatic heterocycles. The van der Waals surface area contributed by atoms with E-state index in [1.807, 2.05) is 0 Å². The molecule has 1 atom stereocenters. The molecule has 2 aromatic rings. The Kier molecular flexibility index (Phi) is 6.12. The summed E-state index contributed by atoms with van der Waals surface area (Å²) in [7, 11) is 0. The van der Waals surface area contributed by atoms with Gasteiger partial charge in [-0.05, 0) is 62.1 Å². The van der Waals surface area contributed by atoms with Crippen LogP contribution in [0.1, 0.15) is 53.2 Å². The van der Waals surface area contributed by atoms with Gasteiger partial charge in [-0.25, -0.2) is 0 Å². The first-order chi connectivity index (χ1) is 15.3. The van der Waals surface area contributed by atoms with Crippen molar-refractivity contribution < 1.29 is 28.3 Å². The smallest absolute Gasteiger partial charge is 0.309 e. The first-order valence-electron chi connectivity index (χ1n) is 10.8. The molecule has 0 unspecified atom stereocenters. The quantitative estimate of drug-likeness (QED) is 0.526. The number of amides is 2. The van der Waals surface area contributed by atoms with Crippen molar-refractivity contribution in [2.45, 2.75) is 39.2 Å². The standard InChI is InChI=1S/C24H26N2O6/c1-15(22(28)19-5-6-20-18(14-19)9-12-26(20)16(2)27)32-24(30)17-7-10-25(11-8-17)23(29)21-4-3-13-31-21/h3-6,13-15,17H,7-12H2,1-2H3/t15-/m1/s1. The molecule has 2 aliphatic heterocycles. The molecule has 3 heterocycles. The Morgan fingerprint density at radius 1 is 1.09 bits per heavy atom. The Hall–Kier alpha value is -3.42. The number of hydrogen-bond donors (Lipinski definition) is 0. The van der Waals surface area contributed by atoms with Crippen LogP contribution in [0.2, 0.25) is 0 Å². The second kappa shape index (κ2) is 8.98. The highest BCUT2D eigenvalue weighted by atomic mass is 16.5. The van der Waals surface area contributed by atoms with E-state index in [-0.39, 0.29) is 29.3 Å². The van der Waals surface area contributed by atoms with Crippen LogP contribution in [0.15, 0.2) is 41.0 Å².